The maximum atomic E-state index is 11.8. The third kappa shape index (κ3) is 4.86. The van der Waals surface area contributed by atoms with E-state index in [1.54, 1.807) is 33.1 Å². The molecule has 20 heavy (non-hydrogen) atoms. The predicted octanol–water partition coefficient (Wildman–Crippen LogP) is 1.52. The molecule has 1 heterocycles. The third-order valence-electron chi connectivity index (χ3n) is 3.06. The molecule has 6 heteroatoms. The number of methoxy groups -OCH3 is 1. The fraction of sp³-hybridized carbons (Fsp3) is 0.643. The van der Waals surface area contributed by atoms with Crippen molar-refractivity contribution < 1.29 is 19.1 Å². The van der Waals surface area contributed by atoms with E-state index in [-0.39, 0.29) is 18.6 Å². The van der Waals surface area contributed by atoms with E-state index in [0.717, 1.165) is 12.2 Å². The molecule has 6 nitrogen and oxygen atoms in total. The van der Waals surface area contributed by atoms with Crippen LogP contribution in [0.15, 0.2) is 16.5 Å². The molecule has 3 N–H and O–H groups in total. The highest BCUT2D eigenvalue weighted by Crippen LogP contribution is 2.21. The van der Waals surface area contributed by atoms with Crippen LogP contribution in [-0.2, 0) is 10.3 Å². The van der Waals surface area contributed by atoms with E-state index in [9.17, 15) is 9.90 Å². The first kappa shape index (κ1) is 16.5. The molecule has 0 saturated heterocycles. The Morgan fingerprint density at radius 2 is 2.25 bits per heavy atom. The predicted molar refractivity (Wildman–Crippen MR) is 75.5 cm³/mol. The molecule has 2 amide bonds. The summed E-state index contributed by atoms with van der Waals surface area (Å²) >= 11 is 0. The number of aliphatic hydroxyl groups is 1. The van der Waals surface area contributed by atoms with Crippen molar-refractivity contribution in [2.24, 2.45) is 0 Å². The number of carbonyl (C=O) groups is 1. The standard InChI is InChI=1S/C14H24N2O4/c1-5-11(8-19-4)16-13(17)15-9-14(3,18)12-7-6-10(2)20-12/h6-7,11,18H,5,8-9H2,1-4H3,(H2,15,16,17). The van der Waals surface area contributed by atoms with Crippen molar-refractivity contribution in [1.82, 2.24) is 10.6 Å². The zero-order valence-electron chi connectivity index (χ0n) is 12.5. The Balaban J connectivity index is 2.47. The highest BCUT2D eigenvalue weighted by atomic mass is 16.5. The molecule has 0 fully saturated rings. The summed E-state index contributed by atoms with van der Waals surface area (Å²) in [5, 5.41) is 15.7. The van der Waals surface area contributed by atoms with Crippen molar-refractivity contribution in [1.29, 1.82) is 0 Å². The van der Waals surface area contributed by atoms with Gasteiger partial charge in [-0.1, -0.05) is 6.92 Å². The van der Waals surface area contributed by atoms with Crippen molar-refractivity contribution in [2.75, 3.05) is 20.3 Å². The van der Waals surface area contributed by atoms with Gasteiger partial charge in [0.25, 0.3) is 0 Å². The molecule has 2 unspecified atom stereocenters. The Bertz CT molecular complexity index is 429. The molecule has 114 valence electrons. The van der Waals surface area contributed by atoms with Crippen LogP contribution < -0.4 is 10.6 Å². The minimum Gasteiger partial charge on any atom is -0.463 e. The van der Waals surface area contributed by atoms with E-state index in [4.69, 9.17) is 9.15 Å². The molecule has 0 saturated carbocycles. The molecule has 0 radical (unpaired) electrons. The first-order chi connectivity index (χ1) is 9.39. The van der Waals surface area contributed by atoms with Gasteiger partial charge >= 0.3 is 6.03 Å². The van der Waals surface area contributed by atoms with E-state index in [2.05, 4.69) is 10.6 Å². The number of furan rings is 1. The first-order valence-electron chi connectivity index (χ1n) is 6.71. The molecule has 1 aromatic heterocycles. The van der Waals surface area contributed by atoms with Crippen molar-refractivity contribution >= 4 is 6.03 Å². The Kier molecular flexibility index (Phi) is 6.04. The van der Waals surface area contributed by atoms with Crippen LogP contribution in [0.1, 0.15) is 31.8 Å². The minimum atomic E-state index is -1.24. The summed E-state index contributed by atoms with van der Waals surface area (Å²) in [4.78, 5) is 11.8. The molecule has 1 rings (SSSR count). The van der Waals surface area contributed by atoms with Crippen molar-refractivity contribution in [2.45, 2.75) is 38.8 Å². The van der Waals surface area contributed by atoms with E-state index < -0.39 is 5.60 Å². The lowest BCUT2D eigenvalue weighted by Crippen LogP contribution is -2.47. The summed E-state index contributed by atoms with van der Waals surface area (Å²) in [7, 11) is 1.59. The third-order valence-corrected chi connectivity index (χ3v) is 3.06. The Morgan fingerprint density at radius 3 is 2.75 bits per heavy atom. The lowest BCUT2D eigenvalue weighted by Gasteiger charge is -2.23. The number of urea groups is 1. The van der Waals surface area contributed by atoms with Crippen LogP contribution in [-0.4, -0.2) is 37.4 Å². The summed E-state index contributed by atoms with van der Waals surface area (Å²) in [5.74, 6) is 1.15. The summed E-state index contributed by atoms with van der Waals surface area (Å²) in [6, 6.07) is 3.10. The molecule has 0 aliphatic carbocycles. The van der Waals surface area contributed by atoms with E-state index in [1.165, 1.54) is 0 Å². The van der Waals surface area contributed by atoms with E-state index >= 15 is 0 Å². The number of hydrogen-bond acceptors (Lipinski definition) is 4. The van der Waals surface area contributed by atoms with Gasteiger partial charge in [-0.15, -0.1) is 0 Å². The lowest BCUT2D eigenvalue weighted by atomic mass is 10.0. The van der Waals surface area contributed by atoms with Crippen molar-refractivity contribution in [3.05, 3.63) is 23.7 Å². The molecule has 0 aliphatic heterocycles. The molecule has 0 aliphatic rings. The van der Waals surface area contributed by atoms with Crippen LogP contribution in [0.4, 0.5) is 4.79 Å². The van der Waals surface area contributed by atoms with E-state index in [1.807, 2.05) is 6.92 Å². The van der Waals surface area contributed by atoms with Crippen molar-refractivity contribution in [3.63, 3.8) is 0 Å². The van der Waals surface area contributed by atoms with Gasteiger partial charge in [0.2, 0.25) is 0 Å². The average molecular weight is 284 g/mol. The SMILES string of the molecule is CCC(COC)NC(=O)NCC(C)(O)c1ccc(C)o1. The number of ether oxygens (including phenoxy) is 1. The van der Waals surface area contributed by atoms with Gasteiger partial charge in [-0.2, -0.15) is 0 Å². The van der Waals surface area contributed by atoms with Gasteiger partial charge in [0.05, 0.1) is 19.2 Å². The number of carbonyl (C=O) groups excluding carboxylic acids is 1. The maximum Gasteiger partial charge on any atom is 0.315 e. The Morgan fingerprint density at radius 1 is 1.55 bits per heavy atom. The molecular weight excluding hydrogens is 260 g/mol. The van der Waals surface area contributed by atoms with Crippen LogP contribution in [0.3, 0.4) is 0 Å². The van der Waals surface area contributed by atoms with E-state index in [0.29, 0.717) is 12.4 Å². The highest BCUT2D eigenvalue weighted by molar-refractivity contribution is 5.74. The summed E-state index contributed by atoms with van der Waals surface area (Å²) < 4.78 is 10.4. The maximum absolute atomic E-state index is 11.8. The van der Waals surface area contributed by atoms with Gasteiger partial charge in [-0.05, 0) is 32.4 Å². The van der Waals surface area contributed by atoms with Crippen LogP contribution >= 0.6 is 0 Å². The molecule has 0 aromatic carbocycles. The monoisotopic (exact) mass is 284 g/mol. The van der Waals surface area contributed by atoms with Crippen LogP contribution in [0.5, 0.6) is 0 Å². The fourth-order valence-electron chi connectivity index (χ4n) is 1.76. The van der Waals surface area contributed by atoms with Crippen LogP contribution in [0, 0.1) is 6.92 Å². The van der Waals surface area contributed by atoms with Crippen LogP contribution in [0.2, 0.25) is 0 Å². The quantitative estimate of drug-likeness (QED) is 0.709. The van der Waals surface area contributed by atoms with Gasteiger partial charge < -0.3 is 24.9 Å². The van der Waals surface area contributed by atoms with Crippen molar-refractivity contribution in [3.8, 4) is 0 Å². The van der Waals surface area contributed by atoms with Gasteiger partial charge in [0.1, 0.15) is 17.1 Å². The molecular formula is C14H24N2O4. The second-order valence-corrected chi connectivity index (χ2v) is 5.07. The number of hydrogen-bond donors (Lipinski definition) is 3. The second kappa shape index (κ2) is 7.31. The molecule has 0 spiro atoms. The van der Waals surface area contributed by atoms with Crippen LogP contribution in [0.25, 0.3) is 0 Å². The van der Waals surface area contributed by atoms with Gasteiger partial charge in [0.15, 0.2) is 0 Å². The number of rotatable bonds is 7. The fourth-order valence-corrected chi connectivity index (χ4v) is 1.76. The Hall–Kier alpha value is -1.53. The zero-order valence-corrected chi connectivity index (χ0v) is 12.5. The Labute approximate surface area is 119 Å². The van der Waals surface area contributed by atoms with Gasteiger partial charge in [0, 0.05) is 7.11 Å². The van der Waals surface area contributed by atoms with Gasteiger partial charge in [-0.25, -0.2) is 4.79 Å². The molecule has 2 atom stereocenters. The molecule has 0 bridgehead atoms. The lowest BCUT2D eigenvalue weighted by molar-refractivity contribution is 0.0357. The summed E-state index contributed by atoms with van der Waals surface area (Å²) in [6.07, 6.45) is 0.773. The first-order valence-corrected chi connectivity index (χ1v) is 6.71. The highest BCUT2D eigenvalue weighted by Gasteiger charge is 2.27. The summed E-state index contributed by atoms with van der Waals surface area (Å²) in [5.41, 5.74) is -1.24. The van der Waals surface area contributed by atoms with Gasteiger partial charge in [-0.3, -0.25) is 0 Å². The number of aryl methyl sites for hydroxylation is 1. The topological polar surface area (TPSA) is 83.7 Å². The average Bonchev–Trinajstić information content (AvgIpc) is 2.83. The number of amides is 2. The largest absolute Gasteiger partial charge is 0.463 e. The smallest absolute Gasteiger partial charge is 0.315 e. The number of nitrogens with one attached hydrogen (secondary N) is 2. The zero-order chi connectivity index (χ0) is 15.2. The second-order valence-electron chi connectivity index (χ2n) is 5.07. The summed E-state index contributed by atoms with van der Waals surface area (Å²) in [6.45, 7) is 5.88. The molecule has 1 aromatic rings. The normalized spacial score (nSPS) is 15.4. The minimum absolute atomic E-state index is 0.0455.